The summed E-state index contributed by atoms with van der Waals surface area (Å²) < 4.78 is 33.2. The van der Waals surface area contributed by atoms with Crippen molar-refractivity contribution in [2.24, 2.45) is 0 Å². The maximum absolute atomic E-state index is 13.0. The zero-order valence-corrected chi connectivity index (χ0v) is 17.8. The maximum Gasteiger partial charge on any atom is 0.256 e. The van der Waals surface area contributed by atoms with Crippen molar-refractivity contribution in [3.8, 4) is 5.75 Å². The molecule has 156 valence electrons. The number of anilines is 1. The first kappa shape index (κ1) is 21.3. The van der Waals surface area contributed by atoms with Crippen molar-refractivity contribution in [2.45, 2.75) is 44.4 Å². The van der Waals surface area contributed by atoms with Gasteiger partial charge < -0.3 is 10.1 Å². The van der Waals surface area contributed by atoms with E-state index in [2.05, 4.69) is 5.32 Å². The van der Waals surface area contributed by atoms with Crippen LogP contribution < -0.4 is 10.1 Å². The number of rotatable bonds is 7. The Morgan fingerprint density at radius 3 is 2.55 bits per heavy atom. The summed E-state index contributed by atoms with van der Waals surface area (Å²) in [5.74, 6) is 0.239. The van der Waals surface area contributed by atoms with Gasteiger partial charge in [-0.1, -0.05) is 31.5 Å². The Bertz CT molecular complexity index is 967. The van der Waals surface area contributed by atoms with E-state index in [1.165, 1.54) is 10.4 Å². The average molecular weight is 417 g/mol. The van der Waals surface area contributed by atoms with Crippen molar-refractivity contribution in [3.63, 3.8) is 0 Å². The molecule has 0 saturated carbocycles. The molecule has 0 aromatic heterocycles. The molecule has 1 N–H and O–H groups in total. The number of benzene rings is 2. The van der Waals surface area contributed by atoms with Gasteiger partial charge in [0.05, 0.1) is 17.2 Å². The van der Waals surface area contributed by atoms with Crippen molar-refractivity contribution in [1.29, 1.82) is 0 Å². The largest absolute Gasteiger partial charge is 0.491 e. The second kappa shape index (κ2) is 9.41. The first-order chi connectivity index (χ1) is 13.9. The molecule has 1 amide bonds. The lowest BCUT2D eigenvalue weighted by molar-refractivity contribution is 0.102. The number of nitrogens with zero attached hydrogens (tertiary/aromatic N) is 1. The quantitative estimate of drug-likeness (QED) is 0.734. The van der Waals surface area contributed by atoms with Gasteiger partial charge in [-0.05, 0) is 56.0 Å². The summed E-state index contributed by atoms with van der Waals surface area (Å²) in [5.41, 5.74) is 1.62. The molecule has 6 nitrogen and oxygen atoms in total. The molecule has 0 spiro atoms. The number of carbonyl (C=O) groups excluding carboxylic acids is 1. The number of sulfonamides is 1. The molecule has 2 aromatic rings. The van der Waals surface area contributed by atoms with Gasteiger partial charge in [-0.15, -0.1) is 0 Å². The van der Waals surface area contributed by atoms with Crippen molar-refractivity contribution >= 4 is 21.6 Å². The van der Waals surface area contributed by atoms with E-state index in [-0.39, 0.29) is 10.8 Å². The maximum atomic E-state index is 13.0. The molecule has 1 saturated heterocycles. The van der Waals surface area contributed by atoms with Crippen LogP contribution in [0, 0.1) is 6.92 Å². The first-order valence-electron chi connectivity index (χ1n) is 10.1. The van der Waals surface area contributed by atoms with Crippen LogP contribution in [-0.4, -0.2) is 38.3 Å². The normalized spacial score (nSPS) is 15.1. The summed E-state index contributed by atoms with van der Waals surface area (Å²) in [6.45, 7) is 5.42. The van der Waals surface area contributed by atoms with Crippen LogP contribution in [0.1, 0.15) is 48.5 Å². The minimum Gasteiger partial charge on any atom is -0.491 e. The topological polar surface area (TPSA) is 75.7 Å². The number of ether oxygens (including phenoxy) is 1. The van der Waals surface area contributed by atoms with Gasteiger partial charge in [-0.3, -0.25) is 4.79 Å². The predicted octanol–water partition coefficient (Wildman–Crippen LogP) is 4.21. The molecule has 29 heavy (non-hydrogen) atoms. The van der Waals surface area contributed by atoms with Gasteiger partial charge in [-0.25, -0.2) is 8.42 Å². The van der Waals surface area contributed by atoms with Crippen LogP contribution in [0.4, 0.5) is 5.69 Å². The van der Waals surface area contributed by atoms with Gasteiger partial charge in [-0.2, -0.15) is 4.31 Å². The molecule has 1 heterocycles. The molecule has 0 radical (unpaired) electrons. The molecule has 0 unspecified atom stereocenters. The van der Waals surface area contributed by atoms with Crippen LogP contribution >= 0.6 is 0 Å². The van der Waals surface area contributed by atoms with Gasteiger partial charge >= 0.3 is 0 Å². The van der Waals surface area contributed by atoms with Gasteiger partial charge in [0.1, 0.15) is 5.75 Å². The van der Waals surface area contributed by atoms with E-state index in [4.69, 9.17) is 4.74 Å². The molecule has 0 bridgehead atoms. The summed E-state index contributed by atoms with van der Waals surface area (Å²) in [4.78, 5) is 13.1. The second-order valence-corrected chi connectivity index (χ2v) is 9.18. The number of piperidine rings is 1. The van der Waals surface area contributed by atoms with Gasteiger partial charge in [0.15, 0.2) is 0 Å². The van der Waals surface area contributed by atoms with Gasteiger partial charge in [0.25, 0.3) is 5.91 Å². The Labute approximate surface area is 172 Å². The van der Waals surface area contributed by atoms with Crippen LogP contribution in [0.15, 0.2) is 47.4 Å². The van der Waals surface area contributed by atoms with E-state index < -0.39 is 10.0 Å². The fraction of sp³-hybridized carbons (Fsp3) is 0.409. The molecule has 3 rings (SSSR count). The number of aryl methyl sites for hydroxylation is 1. The highest BCUT2D eigenvalue weighted by Crippen LogP contribution is 2.27. The van der Waals surface area contributed by atoms with Crippen LogP contribution in [0.3, 0.4) is 0 Å². The number of amides is 1. The first-order valence-corrected chi connectivity index (χ1v) is 11.5. The average Bonchev–Trinajstić information content (AvgIpc) is 2.74. The fourth-order valence-electron chi connectivity index (χ4n) is 3.36. The molecular formula is C22H28N2O4S. The summed E-state index contributed by atoms with van der Waals surface area (Å²) in [5, 5.41) is 2.86. The van der Waals surface area contributed by atoms with E-state index in [1.807, 2.05) is 19.1 Å². The van der Waals surface area contributed by atoms with E-state index in [0.29, 0.717) is 42.3 Å². The van der Waals surface area contributed by atoms with Crippen molar-refractivity contribution in [3.05, 3.63) is 53.6 Å². The monoisotopic (exact) mass is 416 g/mol. The van der Waals surface area contributed by atoms with E-state index >= 15 is 0 Å². The minimum atomic E-state index is -3.60. The van der Waals surface area contributed by atoms with E-state index in [0.717, 1.165) is 25.7 Å². The minimum absolute atomic E-state index is 0.158. The highest BCUT2D eigenvalue weighted by atomic mass is 32.2. The highest BCUT2D eigenvalue weighted by molar-refractivity contribution is 7.89. The van der Waals surface area contributed by atoms with Gasteiger partial charge in [0.2, 0.25) is 10.0 Å². The number of hydrogen-bond donors (Lipinski definition) is 1. The summed E-state index contributed by atoms with van der Waals surface area (Å²) in [6, 6.07) is 12.0. The summed E-state index contributed by atoms with van der Waals surface area (Å²) in [7, 11) is -3.60. The third-order valence-corrected chi connectivity index (χ3v) is 6.90. The SMILES string of the molecule is CCCOc1ccccc1NC(=O)c1cc(S(=O)(=O)N2CCCCC2)ccc1C. The Kier molecular flexibility index (Phi) is 6.92. The Morgan fingerprint density at radius 1 is 1.10 bits per heavy atom. The van der Waals surface area contributed by atoms with Crippen molar-refractivity contribution in [2.75, 3.05) is 25.0 Å². The lowest BCUT2D eigenvalue weighted by Crippen LogP contribution is -2.35. The molecule has 1 fully saturated rings. The lowest BCUT2D eigenvalue weighted by Gasteiger charge is -2.26. The summed E-state index contributed by atoms with van der Waals surface area (Å²) >= 11 is 0. The molecule has 7 heteroatoms. The third-order valence-electron chi connectivity index (χ3n) is 5.00. The van der Waals surface area contributed by atoms with Crippen molar-refractivity contribution in [1.82, 2.24) is 4.31 Å². The molecular weight excluding hydrogens is 388 g/mol. The standard InChI is InChI=1S/C22H28N2O4S/c1-3-15-28-21-10-6-5-9-20(21)23-22(25)19-16-18(12-11-17(19)2)29(26,27)24-13-7-4-8-14-24/h5-6,9-12,16H,3-4,7-8,13-15H2,1-2H3,(H,23,25). The predicted molar refractivity (Wildman–Crippen MR) is 114 cm³/mol. The molecule has 0 aliphatic carbocycles. The molecule has 2 aromatic carbocycles. The van der Waals surface area contributed by atoms with Crippen LogP contribution in [0.25, 0.3) is 0 Å². The number of carbonyl (C=O) groups is 1. The number of nitrogens with one attached hydrogen (secondary N) is 1. The third kappa shape index (κ3) is 4.97. The lowest BCUT2D eigenvalue weighted by atomic mass is 10.1. The zero-order chi connectivity index (χ0) is 20.9. The van der Waals surface area contributed by atoms with Crippen molar-refractivity contribution < 1.29 is 17.9 Å². The Balaban J connectivity index is 1.86. The Morgan fingerprint density at radius 2 is 1.83 bits per heavy atom. The van der Waals surface area contributed by atoms with E-state index in [9.17, 15) is 13.2 Å². The Hall–Kier alpha value is -2.38. The second-order valence-electron chi connectivity index (χ2n) is 7.24. The smallest absolute Gasteiger partial charge is 0.256 e. The van der Waals surface area contributed by atoms with E-state index in [1.54, 1.807) is 31.2 Å². The molecule has 1 aliphatic heterocycles. The number of para-hydroxylation sites is 2. The molecule has 1 aliphatic rings. The van der Waals surface area contributed by atoms with Crippen LogP contribution in [-0.2, 0) is 10.0 Å². The highest BCUT2D eigenvalue weighted by Gasteiger charge is 2.27. The number of hydrogen-bond acceptors (Lipinski definition) is 4. The molecule has 0 atom stereocenters. The van der Waals surface area contributed by atoms with Crippen LogP contribution in [0.2, 0.25) is 0 Å². The van der Waals surface area contributed by atoms with Crippen LogP contribution in [0.5, 0.6) is 5.75 Å². The zero-order valence-electron chi connectivity index (χ0n) is 17.0. The fourth-order valence-corrected chi connectivity index (χ4v) is 4.90. The van der Waals surface area contributed by atoms with Gasteiger partial charge in [0, 0.05) is 18.7 Å². The summed E-state index contributed by atoms with van der Waals surface area (Å²) in [6.07, 6.45) is 3.64.